The second kappa shape index (κ2) is 12.2. The fourth-order valence-corrected chi connectivity index (χ4v) is 5.07. The minimum Gasteiger partial charge on any atom is -0.374 e. The Labute approximate surface area is 213 Å². The zero-order valence-electron chi connectivity index (χ0n) is 20.1. The Hall–Kier alpha value is -3.17. The molecular weight excluding hydrogens is 484 g/mol. The van der Waals surface area contributed by atoms with E-state index in [1.165, 1.54) is 36.7 Å². The smallest absolute Gasteiger partial charge is 0.248 e. The first-order valence-corrected chi connectivity index (χ1v) is 12.9. The van der Waals surface area contributed by atoms with Crippen LogP contribution < -0.4 is 10.6 Å². The molecule has 1 atom stereocenters. The van der Waals surface area contributed by atoms with Crippen LogP contribution in [0.3, 0.4) is 0 Å². The summed E-state index contributed by atoms with van der Waals surface area (Å²) in [6.07, 6.45) is 7.77. The summed E-state index contributed by atoms with van der Waals surface area (Å²) in [6, 6.07) is 10.4. The zero-order chi connectivity index (χ0) is 25.5. The number of thiazole rings is 1. The first-order valence-electron chi connectivity index (χ1n) is 12.1. The highest BCUT2D eigenvalue weighted by atomic mass is 32.1. The first kappa shape index (κ1) is 25.9. The summed E-state index contributed by atoms with van der Waals surface area (Å²) in [7, 11) is 0. The van der Waals surface area contributed by atoms with Crippen molar-refractivity contribution in [2.24, 2.45) is 0 Å². The number of carbonyl (C=O) groups excluding carboxylic acids is 2. The van der Waals surface area contributed by atoms with E-state index in [9.17, 15) is 18.4 Å². The fourth-order valence-electron chi connectivity index (χ4n) is 4.19. The number of nitrogens with one attached hydrogen (secondary N) is 2. The van der Waals surface area contributed by atoms with Gasteiger partial charge in [-0.05, 0) is 48.6 Å². The molecule has 1 heterocycles. The molecule has 36 heavy (non-hydrogen) atoms. The molecule has 1 fully saturated rings. The van der Waals surface area contributed by atoms with Crippen LogP contribution in [0.15, 0.2) is 48.7 Å². The van der Waals surface area contributed by atoms with Crippen molar-refractivity contribution in [3.63, 3.8) is 0 Å². The molecule has 0 unspecified atom stereocenters. The molecule has 2 aromatic carbocycles. The third-order valence-electron chi connectivity index (χ3n) is 6.16. The molecule has 0 spiro atoms. The quantitative estimate of drug-likeness (QED) is 0.389. The summed E-state index contributed by atoms with van der Waals surface area (Å²) >= 11 is 1.34. The van der Waals surface area contributed by atoms with Crippen molar-refractivity contribution in [3.05, 3.63) is 71.4 Å². The first-order chi connectivity index (χ1) is 17.4. The van der Waals surface area contributed by atoms with Crippen LogP contribution in [0.5, 0.6) is 0 Å². The number of anilines is 1. The number of carbonyl (C=O) groups is 2. The van der Waals surface area contributed by atoms with Gasteiger partial charge in [-0.1, -0.05) is 60.9 Å². The van der Waals surface area contributed by atoms with Crippen LogP contribution in [-0.4, -0.2) is 28.9 Å². The molecule has 1 aliphatic carbocycles. The highest BCUT2D eigenvalue weighted by Crippen LogP contribution is 2.32. The van der Waals surface area contributed by atoms with Gasteiger partial charge in [0, 0.05) is 6.20 Å². The minimum absolute atomic E-state index is 0.171. The van der Waals surface area contributed by atoms with Crippen LogP contribution in [0.2, 0.25) is 0 Å². The molecule has 0 saturated heterocycles. The van der Waals surface area contributed by atoms with Crippen molar-refractivity contribution in [1.29, 1.82) is 0 Å². The van der Waals surface area contributed by atoms with E-state index in [4.69, 9.17) is 4.74 Å². The molecule has 3 aromatic rings. The van der Waals surface area contributed by atoms with Gasteiger partial charge >= 0.3 is 0 Å². The van der Waals surface area contributed by atoms with Crippen LogP contribution in [0.25, 0.3) is 10.4 Å². The summed E-state index contributed by atoms with van der Waals surface area (Å²) in [5.74, 6) is -2.90. The van der Waals surface area contributed by atoms with Crippen molar-refractivity contribution in [2.45, 2.75) is 64.2 Å². The van der Waals surface area contributed by atoms with Crippen molar-refractivity contribution in [3.8, 4) is 10.4 Å². The second-order valence-electron chi connectivity index (χ2n) is 8.96. The van der Waals surface area contributed by atoms with Gasteiger partial charge in [0.2, 0.25) is 11.8 Å². The average molecular weight is 514 g/mol. The van der Waals surface area contributed by atoms with Crippen LogP contribution in [0.4, 0.5) is 13.9 Å². The van der Waals surface area contributed by atoms with E-state index in [0.717, 1.165) is 41.0 Å². The van der Waals surface area contributed by atoms with Crippen molar-refractivity contribution in [2.75, 3.05) is 5.32 Å². The number of rotatable bonds is 9. The normalized spacial score (nSPS) is 14.9. The number of aromatic nitrogens is 1. The largest absolute Gasteiger partial charge is 0.374 e. The predicted molar refractivity (Wildman–Crippen MR) is 136 cm³/mol. The Bertz CT molecular complexity index is 1210. The van der Waals surface area contributed by atoms with Gasteiger partial charge in [-0.25, -0.2) is 13.8 Å². The lowest BCUT2D eigenvalue weighted by Crippen LogP contribution is -2.42. The number of halogens is 2. The molecule has 9 heteroatoms. The zero-order valence-corrected chi connectivity index (χ0v) is 20.9. The third-order valence-corrected chi connectivity index (χ3v) is 7.11. The maximum atomic E-state index is 13.4. The summed E-state index contributed by atoms with van der Waals surface area (Å²) in [6.45, 7) is 2.08. The number of ether oxygens (including phenoxy) is 1. The number of nitrogens with zero attached hydrogens (tertiary/aromatic N) is 1. The van der Waals surface area contributed by atoms with Crippen LogP contribution in [0, 0.1) is 11.6 Å². The second-order valence-corrected chi connectivity index (χ2v) is 9.99. The fraction of sp³-hybridized carbons (Fsp3) is 0.370. The maximum absolute atomic E-state index is 13.4. The Morgan fingerprint density at radius 3 is 2.67 bits per heavy atom. The molecule has 0 bridgehead atoms. The van der Waals surface area contributed by atoms with Crippen LogP contribution in [-0.2, 0) is 27.4 Å². The van der Waals surface area contributed by atoms with E-state index in [2.05, 4.69) is 15.6 Å². The topological polar surface area (TPSA) is 80.3 Å². The molecule has 1 aromatic heterocycles. The third kappa shape index (κ3) is 6.95. The molecule has 0 radical (unpaired) electrons. The Morgan fingerprint density at radius 1 is 1.11 bits per heavy atom. The molecule has 0 aliphatic heterocycles. The van der Waals surface area contributed by atoms with Crippen molar-refractivity contribution >= 4 is 28.3 Å². The van der Waals surface area contributed by atoms with Crippen LogP contribution in [0.1, 0.15) is 50.2 Å². The lowest BCUT2D eigenvalue weighted by molar-refractivity contribution is -0.125. The summed E-state index contributed by atoms with van der Waals surface area (Å²) in [5, 5.41) is 5.72. The molecule has 1 aliphatic rings. The van der Waals surface area contributed by atoms with E-state index >= 15 is 0 Å². The van der Waals surface area contributed by atoms with E-state index in [-0.39, 0.29) is 6.42 Å². The highest BCUT2D eigenvalue weighted by molar-refractivity contribution is 7.19. The highest BCUT2D eigenvalue weighted by Gasteiger charge is 2.19. The predicted octanol–water partition coefficient (Wildman–Crippen LogP) is 5.62. The van der Waals surface area contributed by atoms with Crippen molar-refractivity contribution < 1.29 is 23.1 Å². The monoisotopic (exact) mass is 513 g/mol. The number of hydrogen-bond donors (Lipinski definition) is 2. The summed E-state index contributed by atoms with van der Waals surface area (Å²) in [5.41, 5.74) is 2.40. The summed E-state index contributed by atoms with van der Waals surface area (Å²) in [4.78, 5) is 30.1. The number of hydrogen-bond acceptors (Lipinski definition) is 5. The standard InChI is InChI=1S/C27H29F2N3O3S/c1-17(31-25(33)14-18-11-12-22(28)23(29)13-18)26(34)32-27-30-15-24(36-27)21-10-6-5-7-19(21)16-35-20-8-3-2-4-9-20/h5-7,10-13,15,17,20H,2-4,8-9,14,16H2,1H3,(H,31,33)(H,30,32,34)/t17-/m0/s1. The van der Waals surface area contributed by atoms with Gasteiger partial charge in [0.05, 0.1) is 24.0 Å². The average Bonchev–Trinajstić information content (AvgIpc) is 3.34. The van der Waals surface area contributed by atoms with Crippen molar-refractivity contribution in [1.82, 2.24) is 10.3 Å². The SMILES string of the molecule is C[C@H](NC(=O)Cc1ccc(F)c(F)c1)C(=O)Nc1ncc(-c2ccccc2COC2CCCCC2)s1. The Kier molecular flexibility index (Phi) is 8.77. The lowest BCUT2D eigenvalue weighted by Gasteiger charge is -2.22. The van der Waals surface area contributed by atoms with Gasteiger partial charge in [0.25, 0.3) is 0 Å². The van der Waals surface area contributed by atoms with Gasteiger partial charge < -0.3 is 15.4 Å². The molecule has 6 nitrogen and oxygen atoms in total. The minimum atomic E-state index is -1.02. The van der Waals surface area contributed by atoms with Gasteiger partial charge in [0.1, 0.15) is 6.04 Å². The molecule has 2 N–H and O–H groups in total. The molecule has 1 saturated carbocycles. The van der Waals surface area contributed by atoms with E-state index in [1.807, 2.05) is 24.3 Å². The van der Waals surface area contributed by atoms with Crippen LogP contribution >= 0.6 is 11.3 Å². The Balaban J connectivity index is 1.32. The molecule has 190 valence electrons. The number of amides is 2. The molecule has 4 rings (SSSR count). The van der Waals surface area contributed by atoms with E-state index < -0.39 is 29.5 Å². The van der Waals surface area contributed by atoms with Gasteiger partial charge in [-0.15, -0.1) is 0 Å². The van der Waals surface area contributed by atoms with Gasteiger partial charge in [0.15, 0.2) is 16.8 Å². The number of benzene rings is 2. The maximum Gasteiger partial charge on any atom is 0.248 e. The van der Waals surface area contributed by atoms with Gasteiger partial charge in [-0.2, -0.15) is 0 Å². The van der Waals surface area contributed by atoms with E-state index in [0.29, 0.717) is 23.4 Å². The molecular formula is C27H29F2N3O3S. The van der Waals surface area contributed by atoms with Gasteiger partial charge in [-0.3, -0.25) is 9.59 Å². The Morgan fingerprint density at radius 2 is 1.89 bits per heavy atom. The van der Waals surface area contributed by atoms with E-state index in [1.54, 1.807) is 13.1 Å². The summed E-state index contributed by atoms with van der Waals surface area (Å²) < 4.78 is 32.6. The lowest BCUT2D eigenvalue weighted by atomic mass is 9.97. The molecule has 2 amide bonds.